The molecular formula is C19H20O3. The van der Waals surface area contributed by atoms with Crippen LogP contribution in [0.3, 0.4) is 0 Å². The van der Waals surface area contributed by atoms with E-state index >= 15 is 0 Å². The zero-order valence-corrected chi connectivity index (χ0v) is 12.7. The number of hydrogen-bond donors (Lipinski definition) is 0. The first-order chi connectivity index (χ1) is 10.8. The van der Waals surface area contributed by atoms with Crippen LogP contribution in [0.15, 0.2) is 60.7 Å². The molecule has 1 aliphatic rings. The van der Waals surface area contributed by atoms with Crippen molar-refractivity contribution in [3.8, 4) is 0 Å². The van der Waals surface area contributed by atoms with Gasteiger partial charge in [0.1, 0.15) is 0 Å². The number of benzene rings is 2. The van der Waals surface area contributed by atoms with E-state index in [2.05, 4.69) is 0 Å². The van der Waals surface area contributed by atoms with E-state index in [0.717, 1.165) is 24.0 Å². The Hall–Kier alpha value is -2.13. The van der Waals surface area contributed by atoms with Gasteiger partial charge >= 0.3 is 5.97 Å². The average Bonchev–Trinajstić information content (AvgIpc) is 3.40. The van der Waals surface area contributed by atoms with Gasteiger partial charge in [0.15, 0.2) is 0 Å². The van der Waals surface area contributed by atoms with E-state index in [4.69, 9.17) is 9.47 Å². The minimum atomic E-state index is -1.21. The van der Waals surface area contributed by atoms with Gasteiger partial charge < -0.3 is 9.47 Å². The number of rotatable bonds is 6. The van der Waals surface area contributed by atoms with Gasteiger partial charge in [-0.05, 0) is 29.9 Å². The molecule has 0 atom stereocenters. The van der Waals surface area contributed by atoms with E-state index in [9.17, 15) is 4.79 Å². The fourth-order valence-corrected chi connectivity index (χ4v) is 2.65. The molecule has 0 N–H and O–H groups in total. The molecular weight excluding hydrogens is 276 g/mol. The number of carbonyl (C=O) groups is 1. The Morgan fingerprint density at radius 2 is 1.50 bits per heavy atom. The van der Waals surface area contributed by atoms with Gasteiger partial charge in [-0.2, -0.15) is 0 Å². The molecule has 3 heteroatoms. The summed E-state index contributed by atoms with van der Waals surface area (Å²) in [5.41, 5.74) is 0.353. The van der Waals surface area contributed by atoms with Crippen LogP contribution in [0.1, 0.15) is 24.0 Å². The molecule has 2 aromatic rings. The van der Waals surface area contributed by atoms with Crippen molar-refractivity contribution in [3.63, 3.8) is 0 Å². The second-order valence-corrected chi connectivity index (χ2v) is 5.66. The minimum absolute atomic E-state index is 0.348. The second kappa shape index (κ2) is 6.32. The van der Waals surface area contributed by atoms with E-state index in [-0.39, 0.29) is 5.97 Å². The van der Waals surface area contributed by atoms with Crippen molar-refractivity contribution in [1.82, 2.24) is 0 Å². The third kappa shape index (κ3) is 2.77. The zero-order chi connectivity index (χ0) is 15.4. The maximum absolute atomic E-state index is 12.9. The Morgan fingerprint density at radius 1 is 1.00 bits per heavy atom. The highest BCUT2D eigenvalue weighted by Gasteiger charge is 2.44. The van der Waals surface area contributed by atoms with Crippen molar-refractivity contribution >= 4 is 5.97 Å². The van der Waals surface area contributed by atoms with Crippen LogP contribution in [-0.2, 0) is 19.9 Å². The Labute approximate surface area is 130 Å². The Bertz CT molecular complexity index is 578. The molecule has 0 aromatic heterocycles. The lowest BCUT2D eigenvalue weighted by molar-refractivity contribution is -0.166. The molecule has 0 heterocycles. The fourth-order valence-electron chi connectivity index (χ4n) is 2.65. The molecule has 0 amide bonds. The lowest BCUT2D eigenvalue weighted by Gasteiger charge is -2.31. The third-order valence-electron chi connectivity index (χ3n) is 4.10. The second-order valence-electron chi connectivity index (χ2n) is 5.66. The number of methoxy groups -OCH3 is 1. The van der Waals surface area contributed by atoms with Crippen molar-refractivity contribution in [2.24, 2.45) is 5.92 Å². The monoisotopic (exact) mass is 296 g/mol. The number of ether oxygens (including phenoxy) is 2. The first kappa shape index (κ1) is 14.8. The summed E-state index contributed by atoms with van der Waals surface area (Å²) < 4.78 is 11.3. The standard InChI is InChI=1S/C19H20O3/c1-21-19(16-8-4-2-5-9-16,17-10-6-3-7-11-17)18(20)22-14-15-12-13-15/h2-11,15H,12-14H2,1H3. The Kier molecular flexibility index (Phi) is 4.25. The molecule has 0 saturated heterocycles. The Balaban J connectivity index is 2.01. The normalized spacial score (nSPS) is 14.6. The molecule has 1 saturated carbocycles. The largest absolute Gasteiger partial charge is 0.463 e. The minimum Gasteiger partial charge on any atom is -0.463 e. The summed E-state index contributed by atoms with van der Waals surface area (Å²) in [6, 6.07) is 19.0. The molecule has 114 valence electrons. The van der Waals surface area contributed by atoms with Gasteiger partial charge in [-0.1, -0.05) is 60.7 Å². The smallest absolute Gasteiger partial charge is 0.347 e. The molecule has 3 rings (SSSR count). The van der Waals surface area contributed by atoms with Gasteiger partial charge in [0.05, 0.1) is 6.61 Å². The van der Waals surface area contributed by atoms with Crippen LogP contribution < -0.4 is 0 Å². The van der Waals surface area contributed by atoms with Crippen LogP contribution in [0.25, 0.3) is 0 Å². The summed E-state index contributed by atoms with van der Waals surface area (Å²) in [5.74, 6) is 0.171. The molecule has 3 nitrogen and oxygen atoms in total. The van der Waals surface area contributed by atoms with Gasteiger partial charge in [0, 0.05) is 7.11 Å². The first-order valence-electron chi connectivity index (χ1n) is 7.61. The van der Waals surface area contributed by atoms with Crippen LogP contribution in [-0.4, -0.2) is 19.7 Å². The summed E-state index contributed by atoms with van der Waals surface area (Å²) in [6.45, 7) is 0.476. The van der Waals surface area contributed by atoms with Gasteiger partial charge in [-0.3, -0.25) is 0 Å². The van der Waals surface area contributed by atoms with Crippen molar-refractivity contribution in [2.75, 3.05) is 13.7 Å². The zero-order valence-electron chi connectivity index (χ0n) is 12.7. The summed E-state index contributed by atoms with van der Waals surface area (Å²) in [4.78, 5) is 12.9. The van der Waals surface area contributed by atoms with E-state index < -0.39 is 5.60 Å². The van der Waals surface area contributed by atoms with Crippen molar-refractivity contribution in [2.45, 2.75) is 18.4 Å². The topological polar surface area (TPSA) is 35.5 Å². The van der Waals surface area contributed by atoms with Crippen LogP contribution in [0.4, 0.5) is 0 Å². The number of hydrogen-bond acceptors (Lipinski definition) is 3. The quantitative estimate of drug-likeness (QED) is 0.765. The highest BCUT2D eigenvalue weighted by molar-refractivity contribution is 5.85. The summed E-state index contributed by atoms with van der Waals surface area (Å²) in [5, 5.41) is 0. The molecule has 0 spiro atoms. The fraction of sp³-hybridized carbons (Fsp3) is 0.316. The lowest BCUT2D eigenvalue weighted by atomic mass is 9.86. The molecule has 0 bridgehead atoms. The number of carbonyl (C=O) groups excluding carboxylic acids is 1. The summed E-state index contributed by atoms with van der Waals surface area (Å²) in [7, 11) is 1.55. The van der Waals surface area contributed by atoms with Gasteiger partial charge in [0.25, 0.3) is 0 Å². The van der Waals surface area contributed by atoms with Crippen molar-refractivity contribution < 1.29 is 14.3 Å². The van der Waals surface area contributed by atoms with Gasteiger partial charge in [0.2, 0.25) is 5.60 Å². The van der Waals surface area contributed by atoms with Crippen LogP contribution in [0.2, 0.25) is 0 Å². The van der Waals surface area contributed by atoms with Crippen molar-refractivity contribution in [3.05, 3.63) is 71.8 Å². The maximum atomic E-state index is 12.9. The molecule has 0 radical (unpaired) electrons. The van der Waals surface area contributed by atoms with Crippen LogP contribution in [0.5, 0.6) is 0 Å². The SMILES string of the molecule is COC(C(=O)OCC1CC1)(c1ccccc1)c1ccccc1. The molecule has 22 heavy (non-hydrogen) atoms. The third-order valence-corrected chi connectivity index (χ3v) is 4.10. The molecule has 0 aliphatic heterocycles. The highest BCUT2D eigenvalue weighted by Crippen LogP contribution is 2.36. The maximum Gasteiger partial charge on any atom is 0.347 e. The van der Waals surface area contributed by atoms with E-state index in [1.807, 2.05) is 60.7 Å². The molecule has 2 aromatic carbocycles. The first-order valence-corrected chi connectivity index (χ1v) is 7.61. The molecule has 1 fully saturated rings. The van der Waals surface area contributed by atoms with E-state index in [0.29, 0.717) is 12.5 Å². The lowest BCUT2D eigenvalue weighted by Crippen LogP contribution is -2.41. The van der Waals surface area contributed by atoms with E-state index in [1.54, 1.807) is 7.11 Å². The van der Waals surface area contributed by atoms with Crippen LogP contribution >= 0.6 is 0 Å². The number of esters is 1. The van der Waals surface area contributed by atoms with Gasteiger partial charge in [-0.15, -0.1) is 0 Å². The van der Waals surface area contributed by atoms with Crippen LogP contribution in [0, 0.1) is 5.92 Å². The van der Waals surface area contributed by atoms with Crippen molar-refractivity contribution in [1.29, 1.82) is 0 Å². The summed E-state index contributed by atoms with van der Waals surface area (Å²) >= 11 is 0. The average molecular weight is 296 g/mol. The predicted molar refractivity (Wildman–Crippen MR) is 84.4 cm³/mol. The molecule has 0 unspecified atom stereocenters. The van der Waals surface area contributed by atoms with Gasteiger partial charge in [-0.25, -0.2) is 4.79 Å². The Morgan fingerprint density at radius 3 is 1.91 bits per heavy atom. The molecule has 1 aliphatic carbocycles. The van der Waals surface area contributed by atoms with E-state index in [1.165, 1.54) is 0 Å². The predicted octanol–water partition coefficient (Wildman–Crippen LogP) is 3.53. The summed E-state index contributed by atoms with van der Waals surface area (Å²) in [6.07, 6.45) is 2.29. The highest BCUT2D eigenvalue weighted by atomic mass is 16.6.